The van der Waals surface area contributed by atoms with Crippen molar-refractivity contribution in [3.8, 4) is 6.07 Å². The normalized spacial score (nSPS) is 14.8. The quantitative estimate of drug-likeness (QED) is 0.344. The van der Waals surface area contributed by atoms with Crippen molar-refractivity contribution >= 4 is 28.9 Å². The molecule has 1 aromatic rings. The van der Waals surface area contributed by atoms with Gasteiger partial charge in [-0.05, 0) is 49.9 Å². The van der Waals surface area contributed by atoms with Gasteiger partial charge in [0.2, 0.25) is 0 Å². The van der Waals surface area contributed by atoms with Crippen molar-refractivity contribution in [1.29, 1.82) is 5.26 Å². The molecule has 0 aromatic heterocycles. The van der Waals surface area contributed by atoms with Crippen LogP contribution in [0.2, 0.25) is 0 Å². The number of hydrogen-bond donors (Lipinski definition) is 2. The third-order valence-corrected chi connectivity index (χ3v) is 4.20. The second-order valence-electron chi connectivity index (χ2n) is 5.71. The molecule has 1 aromatic carbocycles. The van der Waals surface area contributed by atoms with Gasteiger partial charge in [-0.25, -0.2) is 0 Å². The number of rotatable bonds is 7. The molecular weight excluding hydrogens is 324 g/mol. The van der Waals surface area contributed by atoms with E-state index in [0.29, 0.717) is 18.8 Å². The highest BCUT2D eigenvalue weighted by Gasteiger charge is 2.11. The molecule has 0 atom stereocenters. The molecule has 1 amide bonds. The van der Waals surface area contributed by atoms with Crippen molar-refractivity contribution in [3.05, 3.63) is 36.0 Å². The molecule has 0 bridgehead atoms. The van der Waals surface area contributed by atoms with Gasteiger partial charge in [0.1, 0.15) is 11.6 Å². The molecule has 1 aliphatic rings. The summed E-state index contributed by atoms with van der Waals surface area (Å²) in [5.74, 6) is 0.0908. The molecular formula is C18H23ClN4O. The van der Waals surface area contributed by atoms with Crippen LogP contribution in [0, 0.1) is 11.3 Å². The van der Waals surface area contributed by atoms with Crippen molar-refractivity contribution in [3.63, 3.8) is 0 Å². The summed E-state index contributed by atoms with van der Waals surface area (Å²) in [6.07, 6.45) is 5.91. The van der Waals surface area contributed by atoms with E-state index in [2.05, 4.69) is 27.7 Å². The van der Waals surface area contributed by atoms with Crippen molar-refractivity contribution in [2.45, 2.75) is 25.7 Å². The maximum Gasteiger partial charge on any atom is 0.263 e. The van der Waals surface area contributed by atoms with Gasteiger partial charge >= 0.3 is 0 Å². The number of nitrogens with zero attached hydrogens (tertiary/aromatic N) is 2. The Bertz CT molecular complexity index is 600. The third-order valence-electron chi connectivity index (χ3n) is 3.93. The average Bonchev–Trinajstić information content (AvgIpc) is 2.64. The van der Waals surface area contributed by atoms with E-state index in [1.165, 1.54) is 31.1 Å². The number of hydrogen-bond acceptors (Lipinski definition) is 4. The fraction of sp³-hybridized carbons (Fsp3) is 0.444. The summed E-state index contributed by atoms with van der Waals surface area (Å²) in [6, 6.07) is 9.95. The van der Waals surface area contributed by atoms with Crippen molar-refractivity contribution in [1.82, 2.24) is 5.32 Å². The Kier molecular flexibility index (Phi) is 7.44. The molecule has 2 N–H and O–H groups in total. The number of alkyl halides is 1. The van der Waals surface area contributed by atoms with E-state index < -0.39 is 0 Å². The van der Waals surface area contributed by atoms with Crippen LogP contribution in [-0.4, -0.2) is 31.4 Å². The maximum atomic E-state index is 11.8. The van der Waals surface area contributed by atoms with E-state index >= 15 is 0 Å². The first-order valence-electron chi connectivity index (χ1n) is 8.30. The zero-order valence-corrected chi connectivity index (χ0v) is 14.5. The zero-order chi connectivity index (χ0) is 17.2. The van der Waals surface area contributed by atoms with Crippen LogP contribution in [0.15, 0.2) is 36.0 Å². The number of piperidine rings is 1. The number of amides is 1. The molecule has 6 heteroatoms. The van der Waals surface area contributed by atoms with Crippen LogP contribution >= 0.6 is 11.6 Å². The van der Waals surface area contributed by atoms with E-state index in [1.54, 1.807) is 0 Å². The van der Waals surface area contributed by atoms with E-state index in [-0.39, 0.29) is 11.5 Å². The lowest BCUT2D eigenvalue weighted by molar-refractivity contribution is -0.117. The number of halogens is 1. The van der Waals surface area contributed by atoms with Crippen LogP contribution in [0.1, 0.15) is 25.7 Å². The third kappa shape index (κ3) is 5.47. The predicted octanol–water partition coefficient (Wildman–Crippen LogP) is 3.24. The fourth-order valence-electron chi connectivity index (χ4n) is 2.59. The smallest absolute Gasteiger partial charge is 0.263 e. The Labute approximate surface area is 148 Å². The van der Waals surface area contributed by atoms with Crippen molar-refractivity contribution < 1.29 is 4.79 Å². The van der Waals surface area contributed by atoms with E-state index in [0.717, 1.165) is 18.8 Å². The van der Waals surface area contributed by atoms with Crippen LogP contribution in [0.3, 0.4) is 0 Å². The molecule has 0 saturated carbocycles. The van der Waals surface area contributed by atoms with Gasteiger partial charge in [0.05, 0.1) is 0 Å². The topological polar surface area (TPSA) is 68.2 Å². The molecule has 1 heterocycles. The SMILES string of the molecule is N#C/C(=C/Nc1ccc(N2CCCCC2)cc1)C(=O)NCCCCl. The molecule has 1 aliphatic heterocycles. The average molecular weight is 347 g/mol. The summed E-state index contributed by atoms with van der Waals surface area (Å²) >= 11 is 5.56. The summed E-state index contributed by atoms with van der Waals surface area (Å²) < 4.78 is 0. The Morgan fingerprint density at radius 1 is 1.25 bits per heavy atom. The monoisotopic (exact) mass is 346 g/mol. The van der Waals surface area contributed by atoms with Gasteiger partial charge in [-0.1, -0.05) is 0 Å². The van der Waals surface area contributed by atoms with E-state index in [9.17, 15) is 4.79 Å². The first-order chi connectivity index (χ1) is 11.7. The van der Waals surface area contributed by atoms with Gasteiger partial charge < -0.3 is 15.5 Å². The lowest BCUT2D eigenvalue weighted by atomic mass is 10.1. The van der Waals surface area contributed by atoms with Gasteiger partial charge in [-0.15, -0.1) is 11.6 Å². The number of carbonyl (C=O) groups excluding carboxylic acids is 1. The highest BCUT2D eigenvalue weighted by Crippen LogP contribution is 2.21. The molecule has 0 unspecified atom stereocenters. The number of benzene rings is 1. The molecule has 2 rings (SSSR count). The zero-order valence-electron chi connectivity index (χ0n) is 13.7. The maximum absolute atomic E-state index is 11.8. The van der Waals surface area contributed by atoms with Crippen LogP contribution in [0.5, 0.6) is 0 Å². The summed E-state index contributed by atoms with van der Waals surface area (Å²) in [4.78, 5) is 14.2. The summed E-state index contributed by atoms with van der Waals surface area (Å²) in [6.45, 7) is 2.67. The number of anilines is 2. The second kappa shape index (κ2) is 9.84. The molecule has 128 valence electrons. The fourth-order valence-corrected chi connectivity index (χ4v) is 2.72. The minimum atomic E-state index is -0.389. The van der Waals surface area contributed by atoms with Gasteiger partial charge in [-0.2, -0.15) is 5.26 Å². The Morgan fingerprint density at radius 2 is 1.96 bits per heavy atom. The summed E-state index contributed by atoms with van der Waals surface area (Å²) in [5.41, 5.74) is 2.10. The lowest BCUT2D eigenvalue weighted by Crippen LogP contribution is -2.29. The highest BCUT2D eigenvalue weighted by molar-refractivity contribution is 6.17. The molecule has 0 aliphatic carbocycles. The van der Waals surface area contributed by atoms with Crippen LogP contribution in [0.4, 0.5) is 11.4 Å². The Hall–Kier alpha value is -2.19. The Balaban J connectivity index is 1.91. The lowest BCUT2D eigenvalue weighted by Gasteiger charge is -2.28. The van der Waals surface area contributed by atoms with Crippen LogP contribution in [-0.2, 0) is 4.79 Å². The molecule has 5 nitrogen and oxygen atoms in total. The standard InChI is InChI=1S/C18H23ClN4O/c19-9-4-10-21-18(24)15(13-20)14-22-16-5-7-17(8-6-16)23-11-2-1-3-12-23/h5-8,14,22H,1-4,9-12H2,(H,21,24)/b15-14-. The first-order valence-corrected chi connectivity index (χ1v) is 8.84. The number of carbonyl (C=O) groups is 1. The first kappa shape index (κ1) is 18.2. The molecule has 0 radical (unpaired) electrons. The van der Waals surface area contributed by atoms with Gasteiger partial charge in [0.15, 0.2) is 0 Å². The van der Waals surface area contributed by atoms with Crippen LogP contribution in [0.25, 0.3) is 0 Å². The predicted molar refractivity (Wildman–Crippen MR) is 98.2 cm³/mol. The van der Waals surface area contributed by atoms with Crippen molar-refractivity contribution in [2.24, 2.45) is 0 Å². The van der Waals surface area contributed by atoms with Gasteiger partial charge in [0, 0.05) is 43.1 Å². The summed E-state index contributed by atoms with van der Waals surface area (Å²) in [7, 11) is 0. The minimum Gasteiger partial charge on any atom is -0.372 e. The van der Waals surface area contributed by atoms with Gasteiger partial charge in [0.25, 0.3) is 5.91 Å². The number of nitriles is 1. The van der Waals surface area contributed by atoms with Crippen molar-refractivity contribution in [2.75, 3.05) is 35.7 Å². The number of nitrogens with one attached hydrogen (secondary N) is 2. The largest absolute Gasteiger partial charge is 0.372 e. The molecule has 24 heavy (non-hydrogen) atoms. The molecule has 0 spiro atoms. The Morgan fingerprint density at radius 3 is 2.58 bits per heavy atom. The molecule has 1 saturated heterocycles. The van der Waals surface area contributed by atoms with Crippen LogP contribution < -0.4 is 15.5 Å². The van der Waals surface area contributed by atoms with E-state index in [4.69, 9.17) is 16.9 Å². The highest BCUT2D eigenvalue weighted by atomic mass is 35.5. The summed E-state index contributed by atoms with van der Waals surface area (Å²) in [5, 5.41) is 14.8. The second-order valence-corrected chi connectivity index (χ2v) is 6.09. The molecule has 1 fully saturated rings. The van der Waals surface area contributed by atoms with E-state index in [1.807, 2.05) is 18.2 Å². The van der Waals surface area contributed by atoms with Gasteiger partial charge in [-0.3, -0.25) is 4.79 Å². The minimum absolute atomic E-state index is 0.0460.